The summed E-state index contributed by atoms with van der Waals surface area (Å²) in [5, 5.41) is 1.37. The molecule has 0 aliphatic rings. The van der Waals surface area contributed by atoms with Crippen LogP contribution in [0, 0.1) is 12.7 Å². The summed E-state index contributed by atoms with van der Waals surface area (Å²) in [6, 6.07) is 14.6. The first-order valence-electron chi connectivity index (χ1n) is 5.97. The molecule has 0 N–H and O–H groups in total. The molecule has 3 rings (SSSR count). The molecule has 94 valence electrons. The molecule has 0 saturated heterocycles. The van der Waals surface area contributed by atoms with E-state index < -0.39 is 0 Å². The number of benzene rings is 2. The van der Waals surface area contributed by atoms with Gasteiger partial charge in [-0.2, -0.15) is 0 Å². The molecule has 0 bridgehead atoms. The van der Waals surface area contributed by atoms with Crippen LogP contribution < -0.4 is 0 Å². The highest BCUT2D eigenvalue weighted by molar-refractivity contribution is 6.35. The van der Waals surface area contributed by atoms with Crippen LogP contribution in [0.5, 0.6) is 0 Å². The highest BCUT2D eigenvalue weighted by Crippen LogP contribution is 2.30. The summed E-state index contributed by atoms with van der Waals surface area (Å²) < 4.78 is 13.6. The number of aromatic nitrogens is 1. The Kier molecular flexibility index (Phi) is 2.96. The van der Waals surface area contributed by atoms with E-state index in [9.17, 15) is 4.39 Å². The fraction of sp³-hybridized carbons (Fsp3) is 0.0625. The second kappa shape index (κ2) is 4.63. The molecule has 3 aromatic rings. The number of halogens is 2. The van der Waals surface area contributed by atoms with Crippen molar-refractivity contribution in [3.05, 3.63) is 64.9 Å². The summed E-state index contributed by atoms with van der Waals surface area (Å²) in [5.74, 6) is -0.263. The molecule has 3 heteroatoms. The lowest BCUT2D eigenvalue weighted by atomic mass is 10.1. The maximum Gasteiger partial charge on any atom is 0.128 e. The molecule has 0 atom stereocenters. The van der Waals surface area contributed by atoms with E-state index >= 15 is 0 Å². The van der Waals surface area contributed by atoms with Crippen LogP contribution in [0.2, 0.25) is 5.02 Å². The first kappa shape index (κ1) is 12.1. The van der Waals surface area contributed by atoms with Gasteiger partial charge in [-0.05, 0) is 25.1 Å². The van der Waals surface area contributed by atoms with Gasteiger partial charge in [0.05, 0.1) is 16.2 Å². The van der Waals surface area contributed by atoms with Crippen LogP contribution in [0.4, 0.5) is 4.39 Å². The Labute approximate surface area is 115 Å². The van der Waals surface area contributed by atoms with Crippen molar-refractivity contribution in [2.45, 2.75) is 6.92 Å². The predicted molar refractivity (Wildman–Crippen MR) is 76.9 cm³/mol. The average molecular weight is 272 g/mol. The third-order valence-corrected chi connectivity index (χ3v) is 3.50. The van der Waals surface area contributed by atoms with Crippen LogP contribution in [0.1, 0.15) is 5.56 Å². The monoisotopic (exact) mass is 271 g/mol. The van der Waals surface area contributed by atoms with Crippen LogP contribution in [-0.2, 0) is 0 Å². The van der Waals surface area contributed by atoms with Crippen molar-refractivity contribution in [1.29, 1.82) is 0 Å². The summed E-state index contributed by atoms with van der Waals surface area (Å²) in [7, 11) is 0. The Morgan fingerprint density at radius 1 is 1.05 bits per heavy atom. The lowest BCUT2D eigenvalue weighted by molar-refractivity contribution is 0.620. The van der Waals surface area contributed by atoms with Gasteiger partial charge in [-0.3, -0.25) is 0 Å². The van der Waals surface area contributed by atoms with Crippen LogP contribution >= 0.6 is 11.6 Å². The Balaban J connectivity index is 2.32. The van der Waals surface area contributed by atoms with Gasteiger partial charge in [-0.25, -0.2) is 9.37 Å². The zero-order chi connectivity index (χ0) is 13.4. The fourth-order valence-corrected chi connectivity index (χ4v) is 2.38. The van der Waals surface area contributed by atoms with Gasteiger partial charge in [-0.15, -0.1) is 0 Å². The summed E-state index contributed by atoms with van der Waals surface area (Å²) in [4.78, 5) is 4.54. The Hall–Kier alpha value is -1.93. The highest BCUT2D eigenvalue weighted by atomic mass is 35.5. The average Bonchev–Trinajstić information content (AvgIpc) is 2.44. The van der Waals surface area contributed by atoms with E-state index in [0.29, 0.717) is 16.1 Å². The van der Waals surface area contributed by atoms with Crippen LogP contribution in [0.15, 0.2) is 48.5 Å². The number of rotatable bonds is 1. The Morgan fingerprint density at radius 2 is 1.79 bits per heavy atom. The van der Waals surface area contributed by atoms with Crippen LogP contribution in [0.25, 0.3) is 22.2 Å². The van der Waals surface area contributed by atoms with Crippen molar-refractivity contribution in [3.8, 4) is 11.3 Å². The number of aryl methyl sites for hydroxylation is 1. The first-order chi connectivity index (χ1) is 9.16. The normalized spacial score (nSPS) is 10.9. The molecular formula is C16H11ClFN. The van der Waals surface area contributed by atoms with Crippen molar-refractivity contribution in [2.24, 2.45) is 0 Å². The quantitative estimate of drug-likeness (QED) is 0.607. The topological polar surface area (TPSA) is 12.9 Å². The van der Waals surface area contributed by atoms with E-state index in [4.69, 9.17) is 11.6 Å². The van der Waals surface area contributed by atoms with Gasteiger partial charge in [0.15, 0.2) is 0 Å². The van der Waals surface area contributed by atoms with Crippen molar-refractivity contribution in [3.63, 3.8) is 0 Å². The molecule has 0 amide bonds. The Bertz CT molecular complexity index is 754. The van der Waals surface area contributed by atoms with E-state index in [1.165, 1.54) is 6.07 Å². The van der Waals surface area contributed by atoms with Gasteiger partial charge >= 0.3 is 0 Å². The van der Waals surface area contributed by atoms with E-state index in [0.717, 1.165) is 16.6 Å². The van der Waals surface area contributed by atoms with Gasteiger partial charge in [0.2, 0.25) is 0 Å². The second-order valence-electron chi connectivity index (χ2n) is 4.42. The van der Waals surface area contributed by atoms with Gasteiger partial charge in [0, 0.05) is 16.5 Å². The number of fused-ring (bicyclic) bond motifs is 1. The molecule has 0 saturated carbocycles. The molecule has 19 heavy (non-hydrogen) atoms. The summed E-state index contributed by atoms with van der Waals surface area (Å²) >= 11 is 6.27. The molecule has 2 aromatic carbocycles. The molecular weight excluding hydrogens is 261 g/mol. The number of hydrogen-bond acceptors (Lipinski definition) is 1. The molecule has 0 spiro atoms. The number of nitrogens with zero attached hydrogens (tertiary/aromatic N) is 1. The molecule has 0 fully saturated rings. The molecule has 1 heterocycles. The van der Waals surface area contributed by atoms with E-state index in [-0.39, 0.29) is 5.82 Å². The molecule has 0 unspecified atom stereocenters. The maximum atomic E-state index is 13.6. The van der Waals surface area contributed by atoms with Gasteiger partial charge in [0.1, 0.15) is 5.82 Å². The smallest absolute Gasteiger partial charge is 0.128 e. The second-order valence-corrected chi connectivity index (χ2v) is 4.83. The predicted octanol–water partition coefficient (Wildman–Crippen LogP) is 5.00. The number of hydrogen-bond donors (Lipinski definition) is 0. The standard InChI is InChI=1S/C16H11ClFN/c1-10-14(18)8-7-12-13(17)9-15(19-16(10)12)11-5-3-2-4-6-11/h2-9H,1H3. The summed E-state index contributed by atoms with van der Waals surface area (Å²) in [6.07, 6.45) is 0. The highest BCUT2D eigenvalue weighted by Gasteiger charge is 2.10. The zero-order valence-corrected chi connectivity index (χ0v) is 11.1. The van der Waals surface area contributed by atoms with Gasteiger partial charge in [0.25, 0.3) is 0 Å². The van der Waals surface area contributed by atoms with Crippen LogP contribution in [0.3, 0.4) is 0 Å². The fourth-order valence-electron chi connectivity index (χ4n) is 2.12. The summed E-state index contributed by atoms with van der Waals surface area (Å²) in [5.41, 5.74) is 2.87. The lowest BCUT2D eigenvalue weighted by Crippen LogP contribution is -1.92. The minimum Gasteiger partial charge on any atom is -0.247 e. The minimum atomic E-state index is -0.263. The SMILES string of the molecule is Cc1c(F)ccc2c(Cl)cc(-c3ccccc3)nc12. The van der Waals surface area contributed by atoms with Crippen molar-refractivity contribution < 1.29 is 4.39 Å². The lowest BCUT2D eigenvalue weighted by Gasteiger charge is -2.08. The minimum absolute atomic E-state index is 0.263. The van der Waals surface area contributed by atoms with Gasteiger partial charge in [-0.1, -0.05) is 41.9 Å². The zero-order valence-electron chi connectivity index (χ0n) is 10.3. The van der Waals surface area contributed by atoms with Crippen LogP contribution in [-0.4, -0.2) is 4.98 Å². The third kappa shape index (κ3) is 2.08. The Morgan fingerprint density at radius 3 is 2.53 bits per heavy atom. The number of pyridine rings is 1. The van der Waals surface area contributed by atoms with Crippen molar-refractivity contribution in [1.82, 2.24) is 4.98 Å². The molecule has 1 nitrogen and oxygen atoms in total. The van der Waals surface area contributed by atoms with Gasteiger partial charge < -0.3 is 0 Å². The molecule has 0 aliphatic heterocycles. The van der Waals surface area contributed by atoms with E-state index in [1.54, 1.807) is 13.0 Å². The molecule has 0 aliphatic carbocycles. The molecule has 0 radical (unpaired) electrons. The van der Waals surface area contributed by atoms with E-state index in [1.807, 2.05) is 36.4 Å². The first-order valence-corrected chi connectivity index (χ1v) is 6.35. The largest absolute Gasteiger partial charge is 0.247 e. The van der Waals surface area contributed by atoms with E-state index in [2.05, 4.69) is 4.98 Å². The molecule has 1 aromatic heterocycles. The van der Waals surface area contributed by atoms with Crippen molar-refractivity contribution in [2.75, 3.05) is 0 Å². The maximum absolute atomic E-state index is 13.6. The summed E-state index contributed by atoms with van der Waals surface area (Å²) in [6.45, 7) is 1.72. The van der Waals surface area contributed by atoms with Crippen molar-refractivity contribution >= 4 is 22.5 Å². The third-order valence-electron chi connectivity index (χ3n) is 3.19.